The highest BCUT2D eigenvalue weighted by Gasteiger charge is 2.45. The molecule has 2 aromatic rings. The van der Waals surface area contributed by atoms with Crippen molar-refractivity contribution in [3.05, 3.63) is 41.2 Å². The van der Waals surface area contributed by atoms with E-state index in [0.29, 0.717) is 24.9 Å². The molecule has 3 rings (SSSR count). The molecule has 8 heteroatoms. The van der Waals surface area contributed by atoms with Gasteiger partial charge in [0.25, 0.3) is 5.92 Å². The molecule has 0 N–H and O–H groups in total. The predicted octanol–water partition coefficient (Wildman–Crippen LogP) is 8.51. The first-order chi connectivity index (χ1) is 18.0. The summed E-state index contributed by atoms with van der Waals surface area (Å²) in [6.45, 7) is 5.27. The van der Waals surface area contributed by atoms with Gasteiger partial charge in [0.2, 0.25) is 17.7 Å². The van der Waals surface area contributed by atoms with Gasteiger partial charge in [-0.15, -0.1) is 0 Å². The first kappa shape index (κ1) is 29.2. The maximum Gasteiger partial charge on any atom is 0.277 e. The first-order valence-electron chi connectivity index (χ1n) is 14.1. The molecular weight excluding hydrogens is 479 g/mol. The van der Waals surface area contributed by atoms with Gasteiger partial charge in [-0.1, -0.05) is 78.1 Å². The van der Waals surface area contributed by atoms with Crippen LogP contribution >= 0.6 is 0 Å². The number of rotatable bonds is 17. The molecule has 1 aliphatic rings. The smallest absolute Gasteiger partial charge is 0.277 e. The molecule has 0 spiro atoms. The zero-order valence-corrected chi connectivity index (χ0v) is 22.4. The standard InChI is InChI=1S/C29H42F3N3O2/c1-3-5-7-9-11-13-19-36-24-16-18-33-28(35-24)22-15-17-29(31,32)26-23(22)21-25(34-27(26)30)37-20-14-12-10-8-6-4-2/h16,18,21-22H,3-15,17,19-20H2,1-2H3. The molecule has 0 saturated carbocycles. The molecule has 0 saturated heterocycles. The van der Waals surface area contributed by atoms with Crippen molar-refractivity contribution in [2.24, 2.45) is 0 Å². The molecule has 206 valence electrons. The predicted molar refractivity (Wildman–Crippen MR) is 139 cm³/mol. The molecule has 0 aromatic carbocycles. The zero-order valence-electron chi connectivity index (χ0n) is 22.4. The van der Waals surface area contributed by atoms with Gasteiger partial charge in [-0.2, -0.15) is 14.4 Å². The fourth-order valence-electron chi connectivity index (χ4n) is 4.82. The van der Waals surface area contributed by atoms with Crippen LogP contribution in [0.5, 0.6) is 11.8 Å². The number of hydrogen-bond donors (Lipinski definition) is 0. The quantitative estimate of drug-likeness (QED) is 0.154. The Balaban J connectivity index is 1.67. The van der Waals surface area contributed by atoms with Gasteiger partial charge in [0.15, 0.2) is 0 Å². The van der Waals surface area contributed by atoms with Gasteiger partial charge in [0.1, 0.15) is 5.82 Å². The number of aromatic nitrogens is 3. The second kappa shape index (κ2) is 15.1. The van der Waals surface area contributed by atoms with Gasteiger partial charge in [0, 0.05) is 30.7 Å². The molecule has 1 aliphatic carbocycles. The number of fused-ring (bicyclic) bond motifs is 1. The van der Waals surface area contributed by atoms with Crippen LogP contribution in [0, 0.1) is 5.95 Å². The van der Waals surface area contributed by atoms with Crippen LogP contribution in [0.2, 0.25) is 0 Å². The molecule has 0 bridgehead atoms. The minimum absolute atomic E-state index is 0.0305. The normalized spacial score (nSPS) is 16.4. The number of halogens is 3. The fourth-order valence-corrected chi connectivity index (χ4v) is 4.82. The van der Waals surface area contributed by atoms with Crippen molar-refractivity contribution >= 4 is 0 Å². The van der Waals surface area contributed by atoms with Gasteiger partial charge in [-0.3, -0.25) is 0 Å². The molecule has 37 heavy (non-hydrogen) atoms. The maximum absolute atomic E-state index is 14.9. The Labute approximate surface area is 219 Å². The number of hydrogen-bond acceptors (Lipinski definition) is 5. The molecule has 5 nitrogen and oxygen atoms in total. The summed E-state index contributed by atoms with van der Waals surface area (Å²) in [6.07, 6.45) is 14.6. The van der Waals surface area contributed by atoms with Crippen molar-refractivity contribution in [1.29, 1.82) is 0 Å². The largest absolute Gasteiger partial charge is 0.478 e. The van der Waals surface area contributed by atoms with E-state index in [9.17, 15) is 13.2 Å². The number of nitrogens with zero attached hydrogens (tertiary/aromatic N) is 3. The maximum atomic E-state index is 14.9. The highest BCUT2D eigenvalue weighted by Crippen LogP contribution is 2.48. The van der Waals surface area contributed by atoms with Gasteiger partial charge < -0.3 is 9.47 Å². The lowest BCUT2D eigenvalue weighted by Gasteiger charge is -2.30. The van der Waals surface area contributed by atoms with Crippen LogP contribution in [0.1, 0.15) is 127 Å². The summed E-state index contributed by atoms with van der Waals surface area (Å²) in [7, 11) is 0. The summed E-state index contributed by atoms with van der Waals surface area (Å²) in [5.41, 5.74) is -0.521. The summed E-state index contributed by atoms with van der Waals surface area (Å²) >= 11 is 0. The van der Waals surface area contributed by atoms with Crippen molar-refractivity contribution in [2.75, 3.05) is 13.2 Å². The molecule has 0 amide bonds. The van der Waals surface area contributed by atoms with Gasteiger partial charge in [-0.25, -0.2) is 13.8 Å². The minimum atomic E-state index is -3.30. The number of unbranched alkanes of at least 4 members (excludes halogenated alkanes) is 10. The Morgan fingerprint density at radius 3 is 2.08 bits per heavy atom. The van der Waals surface area contributed by atoms with E-state index >= 15 is 0 Å². The van der Waals surface area contributed by atoms with Crippen LogP contribution in [0.4, 0.5) is 13.2 Å². The van der Waals surface area contributed by atoms with Crippen LogP contribution in [-0.4, -0.2) is 28.2 Å². The second-order valence-corrected chi connectivity index (χ2v) is 10.00. The van der Waals surface area contributed by atoms with E-state index in [-0.39, 0.29) is 17.9 Å². The van der Waals surface area contributed by atoms with Gasteiger partial charge in [-0.05, 0) is 24.8 Å². The summed E-state index contributed by atoms with van der Waals surface area (Å²) in [5, 5.41) is 0. The SMILES string of the molecule is CCCCCCCCOc1ccnc(C2CCC(F)(F)c3c2cc(OCCCCCCCC)nc3F)n1. The third kappa shape index (κ3) is 8.85. The zero-order chi connectivity index (χ0) is 26.5. The monoisotopic (exact) mass is 521 g/mol. The van der Waals surface area contributed by atoms with E-state index < -0.39 is 29.8 Å². The van der Waals surface area contributed by atoms with Crippen LogP contribution < -0.4 is 9.47 Å². The molecule has 0 aliphatic heterocycles. The summed E-state index contributed by atoms with van der Waals surface area (Å²) < 4.78 is 55.9. The topological polar surface area (TPSA) is 57.1 Å². The molecule has 2 aromatic heterocycles. The Bertz CT molecular complexity index is 958. The van der Waals surface area contributed by atoms with E-state index in [1.165, 1.54) is 51.0 Å². The van der Waals surface area contributed by atoms with E-state index in [0.717, 1.165) is 32.1 Å². The van der Waals surface area contributed by atoms with Gasteiger partial charge in [0.05, 0.1) is 18.8 Å². The van der Waals surface area contributed by atoms with Crippen molar-refractivity contribution in [3.63, 3.8) is 0 Å². The Morgan fingerprint density at radius 2 is 1.43 bits per heavy atom. The highest BCUT2D eigenvalue weighted by atomic mass is 19.3. The first-order valence-corrected chi connectivity index (χ1v) is 14.1. The van der Waals surface area contributed by atoms with Crippen molar-refractivity contribution in [3.8, 4) is 11.8 Å². The Hall–Kier alpha value is -2.38. The average molecular weight is 522 g/mol. The van der Waals surface area contributed by atoms with E-state index in [4.69, 9.17) is 9.47 Å². The highest BCUT2D eigenvalue weighted by molar-refractivity contribution is 5.41. The molecule has 1 unspecified atom stereocenters. The summed E-state index contributed by atoms with van der Waals surface area (Å²) in [6, 6.07) is 3.11. The molecule has 2 heterocycles. The lowest BCUT2D eigenvalue weighted by atomic mass is 9.81. The van der Waals surface area contributed by atoms with Crippen LogP contribution in [0.3, 0.4) is 0 Å². The van der Waals surface area contributed by atoms with Crippen LogP contribution in [0.25, 0.3) is 0 Å². The van der Waals surface area contributed by atoms with Crippen molar-refractivity contribution in [1.82, 2.24) is 15.0 Å². The molecule has 0 radical (unpaired) electrons. The van der Waals surface area contributed by atoms with E-state index in [1.807, 2.05) is 0 Å². The molecule has 0 fully saturated rings. The van der Waals surface area contributed by atoms with Crippen LogP contribution in [0.15, 0.2) is 18.3 Å². The van der Waals surface area contributed by atoms with Crippen molar-refractivity contribution < 1.29 is 22.6 Å². The number of pyridine rings is 1. The van der Waals surface area contributed by atoms with Gasteiger partial charge >= 0.3 is 0 Å². The fraction of sp³-hybridized carbons (Fsp3) is 0.690. The van der Waals surface area contributed by atoms with E-state index in [1.54, 1.807) is 12.3 Å². The third-order valence-electron chi connectivity index (χ3n) is 6.93. The lowest BCUT2D eigenvalue weighted by Crippen LogP contribution is -2.27. The van der Waals surface area contributed by atoms with Crippen LogP contribution in [-0.2, 0) is 5.92 Å². The molecule has 1 atom stereocenters. The number of ether oxygens (including phenoxy) is 2. The summed E-state index contributed by atoms with van der Waals surface area (Å²) in [4.78, 5) is 12.6. The summed E-state index contributed by atoms with van der Waals surface area (Å²) in [5.74, 6) is -4.27. The van der Waals surface area contributed by atoms with E-state index in [2.05, 4.69) is 28.8 Å². The Kier molecular flexibility index (Phi) is 11.9. The molecular formula is C29H42F3N3O2. The number of alkyl halides is 2. The second-order valence-electron chi connectivity index (χ2n) is 10.00. The minimum Gasteiger partial charge on any atom is -0.478 e. The van der Waals surface area contributed by atoms with Crippen molar-refractivity contribution in [2.45, 2.75) is 116 Å². The lowest BCUT2D eigenvalue weighted by molar-refractivity contribution is -0.0284. The Morgan fingerprint density at radius 1 is 0.838 bits per heavy atom. The third-order valence-corrected chi connectivity index (χ3v) is 6.93. The average Bonchev–Trinajstić information content (AvgIpc) is 2.87.